The molecule has 0 fully saturated rings. The maximum absolute atomic E-state index is 12.2. The van der Waals surface area contributed by atoms with E-state index in [9.17, 15) is 4.79 Å². The highest BCUT2D eigenvalue weighted by atomic mass is 79.9. The molecular weight excluding hydrogens is 413 g/mol. The van der Waals surface area contributed by atoms with Crippen LogP contribution in [-0.2, 0) is 6.54 Å². The highest BCUT2D eigenvalue weighted by molar-refractivity contribution is 9.10. The second kappa shape index (κ2) is 7.38. The third-order valence-corrected chi connectivity index (χ3v) is 4.40. The van der Waals surface area contributed by atoms with Crippen LogP contribution in [0.15, 0.2) is 59.2 Å². The van der Waals surface area contributed by atoms with Crippen molar-refractivity contribution < 1.29 is 4.79 Å². The molecule has 0 aliphatic heterocycles. The van der Waals surface area contributed by atoms with Crippen LogP contribution in [0.1, 0.15) is 15.9 Å². The van der Waals surface area contributed by atoms with Gasteiger partial charge >= 0.3 is 0 Å². The minimum absolute atomic E-state index is 0.246. The number of halogens is 3. The Morgan fingerprint density at radius 2 is 1.62 bits per heavy atom. The van der Waals surface area contributed by atoms with Crippen molar-refractivity contribution in [2.45, 2.75) is 6.54 Å². The average Bonchev–Trinajstić information content (AvgIpc) is 2.89. The van der Waals surface area contributed by atoms with Crippen molar-refractivity contribution in [3.05, 3.63) is 80.4 Å². The molecule has 1 amide bonds. The van der Waals surface area contributed by atoms with Gasteiger partial charge in [0.05, 0.1) is 11.0 Å². The maximum Gasteiger partial charge on any atom is 0.256 e. The van der Waals surface area contributed by atoms with Crippen LogP contribution in [0.2, 0.25) is 10.0 Å². The smallest absolute Gasteiger partial charge is 0.256 e. The van der Waals surface area contributed by atoms with Gasteiger partial charge in [-0.15, -0.1) is 0 Å². The zero-order chi connectivity index (χ0) is 17.1. The van der Waals surface area contributed by atoms with E-state index in [4.69, 9.17) is 23.2 Å². The van der Waals surface area contributed by atoms with Gasteiger partial charge in [-0.25, -0.2) is 0 Å². The predicted octanol–water partition coefficient (Wildman–Crippen LogP) is 5.25. The van der Waals surface area contributed by atoms with Crippen molar-refractivity contribution >= 4 is 50.9 Å². The number of nitrogens with zero attached hydrogens (tertiary/aromatic N) is 2. The number of carbonyl (C=O) groups is 1. The van der Waals surface area contributed by atoms with Gasteiger partial charge in [0.15, 0.2) is 5.82 Å². The number of benzene rings is 2. The lowest BCUT2D eigenvalue weighted by Crippen LogP contribution is -2.13. The molecule has 0 saturated heterocycles. The highest BCUT2D eigenvalue weighted by Gasteiger charge is 2.12. The summed E-state index contributed by atoms with van der Waals surface area (Å²) >= 11 is 15.1. The molecule has 7 heteroatoms. The Morgan fingerprint density at radius 1 is 1.04 bits per heavy atom. The molecule has 0 aliphatic carbocycles. The monoisotopic (exact) mass is 423 g/mol. The standard InChI is InChI=1S/C17H12BrCl2N3O/c18-15-10-23(9-11-1-5-13(19)6-2-11)22-16(15)21-17(24)12-3-7-14(20)8-4-12/h1-8,10H,9H2,(H,21,22,24). The van der Waals surface area contributed by atoms with Crippen LogP contribution in [-0.4, -0.2) is 15.7 Å². The van der Waals surface area contributed by atoms with Gasteiger partial charge in [0.2, 0.25) is 0 Å². The van der Waals surface area contributed by atoms with Gasteiger partial charge in [0.1, 0.15) is 0 Å². The predicted molar refractivity (Wildman–Crippen MR) is 99.9 cm³/mol. The minimum Gasteiger partial charge on any atom is -0.304 e. The third kappa shape index (κ3) is 4.17. The fourth-order valence-electron chi connectivity index (χ4n) is 2.12. The Kier molecular flexibility index (Phi) is 5.23. The lowest BCUT2D eigenvalue weighted by molar-refractivity contribution is 0.102. The number of anilines is 1. The van der Waals surface area contributed by atoms with E-state index >= 15 is 0 Å². The van der Waals surface area contributed by atoms with Crippen molar-refractivity contribution in [2.75, 3.05) is 5.32 Å². The molecule has 0 saturated carbocycles. The lowest BCUT2D eigenvalue weighted by atomic mass is 10.2. The van der Waals surface area contributed by atoms with Crippen LogP contribution in [0.25, 0.3) is 0 Å². The fourth-order valence-corrected chi connectivity index (χ4v) is 2.79. The molecule has 1 heterocycles. The average molecular weight is 425 g/mol. The van der Waals surface area contributed by atoms with Gasteiger partial charge in [-0.05, 0) is 57.9 Å². The van der Waals surface area contributed by atoms with Gasteiger partial charge < -0.3 is 5.32 Å². The normalized spacial score (nSPS) is 10.6. The molecule has 3 aromatic rings. The summed E-state index contributed by atoms with van der Waals surface area (Å²) in [5.74, 6) is 0.216. The summed E-state index contributed by atoms with van der Waals surface area (Å²) in [6.45, 7) is 0.576. The van der Waals surface area contributed by atoms with Crippen LogP contribution in [0.5, 0.6) is 0 Å². The molecule has 0 bridgehead atoms. The maximum atomic E-state index is 12.2. The second-order valence-electron chi connectivity index (χ2n) is 5.11. The van der Waals surface area contributed by atoms with Crippen LogP contribution in [0.4, 0.5) is 5.82 Å². The molecule has 0 atom stereocenters. The molecule has 0 aliphatic rings. The molecule has 122 valence electrons. The van der Waals surface area contributed by atoms with E-state index in [0.29, 0.717) is 32.4 Å². The first-order valence-electron chi connectivity index (χ1n) is 7.05. The van der Waals surface area contributed by atoms with E-state index in [1.165, 1.54) is 0 Å². The van der Waals surface area contributed by atoms with E-state index in [1.807, 2.05) is 30.5 Å². The van der Waals surface area contributed by atoms with Gasteiger partial charge in [-0.1, -0.05) is 35.3 Å². The first-order valence-corrected chi connectivity index (χ1v) is 8.60. The Labute approximate surface area is 157 Å². The summed E-state index contributed by atoms with van der Waals surface area (Å²) in [6, 6.07) is 14.2. The number of aromatic nitrogens is 2. The number of rotatable bonds is 4. The number of nitrogens with one attached hydrogen (secondary N) is 1. The summed E-state index contributed by atoms with van der Waals surface area (Å²) in [7, 11) is 0. The zero-order valence-electron chi connectivity index (χ0n) is 12.3. The molecule has 2 aromatic carbocycles. The topological polar surface area (TPSA) is 46.9 Å². The van der Waals surface area contributed by atoms with E-state index in [-0.39, 0.29) is 5.91 Å². The molecule has 0 unspecified atom stereocenters. The van der Waals surface area contributed by atoms with Crippen LogP contribution >= 0.6 is 39.1 Å². The Morgan fingerprint density at radius 3 is 2.25 bits per heavy atom. The molecule has 0 radical (unpaired) electrons. The molecule has 3 rings (SSSR count). The van der Waals surface area contributed by atoms with Gasteiger partial charge in [-0.3, -0.25) is 9.48 Å². The van der Waals surface area contributed by atoms with Crippen molar-refractivity contribution in [2.24, 2.45) is 0 Å². The molecule has 1 aromatic heterocycles. The van der Waals surface area contributed by atoms with Crippen molar-refractivity contribution in [3.8, 4) is 0 Å². The van der Waals surface area contributed by atoms with E-state index in [1.54, 1.807) is 28.9 Å². The molecular formula is C17H12BrCl2N3O. The summed E-state index contributed by atoms with van der Waals surface area (Å²) in [5, 5.41) is 8.44. The van der Waals surface area contributed by atoms with Crippen LogP contribution in [0.3, 0.4) is 0 Å². The Balaban J connectivity index is 1.72. The van der Waals surface area contributed by atoms with Crippen LogP contribution in [0, 0.1) is 0 Å². The zero-order valence-corrected chi connectivity index (χ0v) is 15.4. The number of hydrogen-bond donors (Lipinski definition) is 1. The van der Waals surface area contributed by atoms with Crippen molar-refractivity contribution in [1.82, 2.24) is 9.78 Å². The van der Waals surface area contributed by atoms with Crippen molar-refractivity contribution in [3.63, 3.8) is 0 Å². The first-order chi connectivity index (χ1) is 11.5. The van der Waals surface area contributed by atoms with E-state index in [0.717, 1.165) is 5.56 Å². The molecule has 0 spiro atoms. The second-order valence-corrected chi connectivity index (χ2v) is 6.84. The van der Waals surface area contributed by atoms with Crippen LogP contribution < -0.4 is 5.32 Å². The highest BCUT2D eigenvalue weighted by Crippen LogP contribution is 2.22. The minimum atomic E-state index is -0.246. The van der Waals surface area contributed by atoms with Gasteiger partial charge in [0.25, 0.3) is 5.91 Å². The lowest BCUT2D eigenvalue weighted by Gasteiger charge is -2.04. The summed E-state index contributed by atoms with van der Waals surface area (Å²) < 4.78 is 2.45. The molecule has 24 heavy (non-hydrogen) atoms. The van der Waals surface area contributed by atoms with Gasteiger partial charge in [-0.2, -0.15) is 5.10 Å². The number of hydrogen-bond acceptors (Lipinski definition) is 2. The Bertz CT molecular complexity index is 861. The Hall–Kier alpha value is -1.82. The van der Waals surface area contributed by atoms with E-state index < -0.39 is 0 Å². The molecule has 1 N–H and O–H groups in total. The fraction of sp³-hybridized carbons (Fsp3) is 0.0588. The molecule has 4 nitrogen and oxygen atoms in total. The summed E-state index contributed by atoms with van der Waals surface area (Å²) in [4.78, 5) is 12.2. The van der Waals surface area contributed by atoms with Crippen molar-refractivity contribution in [1.29, 1.82) is 0 Å². The quantitative estimate of drug-likeness (QED) is 0.621. The van der Waals surface area contributed by atoms with Gasteiger partial charge in [0, 0.05) is 21.8 Å². The first kappa shape index (κ1) is 17.0. The number of carbonyl (C=O) groups excluding carboxylic acids is 1. The SMILES string of the molecule is O=C(Nc1nn(Cc2ccc(Cl)cc2)cc1Br)c1ccc(Cl)cc1. The number of amides is 1. The van der Waals surface area contributed by atoms with E-state index in [2.05, 4.69) is 26.3 Å². The summed E-state index contributed by atoms with van der Waals surface area (Å²) in [6.07, 6.45) is 1.81. The summed E-state index contributed by atoms with van der Waals surface area (Å²) in [5.41, 5.74) is 1.57. The largest absolute Gasteiger partial charge is 0.304 e. The third-order valence-electron chi connectivity index (χ3n) is 3.31.